The van der Waals surface area contributed by atoms with E-state index in [1.807, 2.05) is 20.0 Å². The molecule has 0 fully saturated rings. The summed E-state index contributed by atoms with van der Waals surface area (Å²) in [5, 5.41) is 0.0812. The highest BCUT2D eigenvalue weighted by Gasteiger charge is 2.25. The summed E-state index contributed by atoms with van der Waals surface area (Å²) >= 11 is 0. The van der Waals surface area contributed by atoms with Gasteiger partial charge in [0, 0.05) is 38.4 Å². The zero-order valence-corrected chi connectivity index (χ0v) is 14.6. The first kappa shape index (κ1) is 16.2. The molecule has 2 aromatic rings. The van der Waals surface area contributed by atoms with Gasteiger partial charge >= 0.3 is 0 Å². The molecule has 0 bridgehead atoms. The molecule has 1 aliphatic heterocycles. The maximum atomic E-state index is 12.6. The van der Waals surface area contributed by atoms with Crippen LogP contribution >= 0.6 is 0 Å². The minimum Gasteiger partial charge on any atom is -0.335 e. The van der Waals surface area contributed by atoms with Crippen LogP contribution < -0.4 is 0 Å². The average molecular weight is 337 g/mol. The lowest BCUT2D eigenvalue weighted by Gasteiger charge is -2.14. The highest BCUT2D eigenvalue weighted by atomic mass is 32.2. The molecule has 0 saturated heterocycles. The van der Waals surface area contributed by atoms with Crippen molar-refractivity contribution in [2.24, 2.45) is 0 Å². The van der Waals surface area contributed by atoms with Gasteiger partial charge in [0.2, 0.25) is 0 Å². The van der Waals surface area contributed by atoms with E-state index in [9.17, 15) is 8.42 Å². The number of rotatable bonds is 5. The number of aromatic nitrogens is 4. The molecule has 7 nitrogen and oxygen atoms in total. The molecule has 0 spiro atoms. The van der Waals surface area contributed by atoms with Gasteiger partial charge in [-0.3, -0.25) is 0 Å². The van der Waals surface area contributed by atoms with Crippen LogP contribution in [0.5, 0.6) is 0 Å². The predicted octanol–water partition coefficient (Wildman–Crippen LogP) is 1.82. The second-order valence-electron chi connectivity index (χ2n) is 6.31. The van der Waals surface area contributed by atoms with Crippen LogP contribution in [0.25, 0.3) is 0 Å². The van der Waals surface area contributed by atoms with Crippen LogP contribution in [0.1, 0.15) is 44.2 Å². The Bertz CT molecular complexity index is 767. The lowest BCUT2D eigenvalue weighted by atomic mass is 10.2. The van der Waals surface area contributed by atoms with Gasteiger partial charge in [0.15, 0.2) is 5.03 Å². The van der Waals surface area contributed by atoms with Crippen LogP contribution in [-0.4, -0.2) is 38.9 Å². The number of hydrogen-bond donors (Lipinski definition) is 0. The molecule has 0 radical (unpaired) electrons. The van der Waals surface area contributed by atoms with E-state index < -0.39 is 10.0 Å². The number of nitrogens with zero attached hydrogens (tertiary/aromatic N) is 5. The summed E-state index contributed by atoms with van der Waals surface area (Å²) in [6.07, 6.45) is 8.37. The monoisotopic (exact) mass is 337 g/mol. The minimum absolute atomic E-state index is 0.0812. The van der Waals surface area contributed by atoms with E-state index in [-0.39, 0.29) is 17.6 Å². The smallest absolute Gasteiger partial charge is 0.262 e. The number of aryl methyl sites for hydroxylation is 2. The maximum absolute atomic E-state index is 12.6. The fourth-order valence-corrected chi connectivity index (χ4v) is 3.81. The average Bonchev–Trinajstić information content (AvgIpc) is 3.13. The molecule has 8 heteroatoms. The fourth-order valence-electron chi connectivity index (χ4n) is 2.75. The van der Waals surface area contributed by atoms with Crippen molar-refractivity contribution in [2.45, 2.75) is 57.3 Å². The molecule has 1 aliphatic rings. The van der Waals surface area contributed by atoms with Crippen molar-refractivity contribution < 1.29 is 8.42 Å². The quantitative estimate of drug-likeness (QED) is 0.834. The van der Waals surface area contributed by atoms with Gasteiger partial charge in [0.05, 0.1) is 18.6 Å². The van der Waals surface area contributed by atoms with Gasteiger partial charge in [0.1, 0.15) is 5.82 Å². The number of fused-ring (bicyclic) bond motifs is 1. The lowest BCUT2D eigenvalue weighted by Crippen LogP contribution is -2.27. The molecule has 3 heterocycles. The Hall–Kier alpha value is -1.67. The van der Waals surface area contributed by atoms with E-state index in [0.29, 0.717) is 0 Å². The van der Waals surface area contributed by atoms with Crippen LogP contribution in [0, 0.1) is 0 Å². The third-order valence-corrected chi connectivity index (χ3v) is 5.88. The van der Waals surface area contributed by atoms with E-state index in [0.717, 1.165) is 37.3 Å². The molecule has 0 amide bonds. The van der Waals surface area contributed by atoms with Crippen molar-refractivity contribution in [2.75, 3.05) is 7.05 Å². The molecule has 3 rings (SSSR count). The second kappa shape index (κ2) is 6.09. The summed E-state index contributed by atoms with van der Waals surface area (Å²) in [6.45, 7) is 5.20. The maximum Gasteiger partial charge on any atom is 0.262 e. The molecule has 0 saturated carbocycles. The molecule has 0 N–H and O–H groups in total. The number of imidazole rings is 2. The summed E-state index contributed by atoms with van der Waals surface area (Å²) in [4.78, 5) is 8.61. The van der Waals surface area contributed by atoms with Crippen molar-refractivity contribution in [1.82, 2.24) is 23.4 Å². The topological polar surface area (TPSA) is 73.0 Å². The zero-order valence-electron chi connectivity index (χ0n) is 13.8. The van der Waals surface area contributed by atoms with Crippen LogP contribution in [-0.2, 0) is 29.5 Å². The van der Waals surface area contributed by atoms with Gasteiger partial charge in [-0.1, -0.05) is 0 Å². The van der Waals surface area contributed by atoms with Crippen molar-refractivity contribution in [3.05, 3.63) is 30.2 Å². The Morgan fingerprint density at radius 1 is 1.30 bits per heavy atom. The highest BCUT2D eigenvalue weighted by molar-refractivity contribution is 7.89. The van der Waals surface area contributed by atoms with E-state index in [1.54, 1.807) is 24.1 Å². The molecule has 0 unspecified atom stereocenters. The minimum atomic E-state index is -3.60. The molecule has 0 aliphatic carbocycles. The standard InChI is InChI=1S/C15H23N5O2S/c1-12(2)20-10-15(16-11-20)23(21,22)18(3)8-13-9-19-7-5-4-6-14(19)17-13/h9-12H,4-8H2,1-3H3. The Labute approximate surface area is 137 Å². The largest absolute Gasteiger partial charge is 0.335 e. The van der Waals surface area contributed by atoms with E-state index >= 15 is 0 Å². The SMILES string of the molecule is CC(C)n1cnc(S(=O)(=O)N(C)Cc2cn3c(n2)CCCC3)c1. The molecule has 0 aromatic carbocycles. The Morgan fingerprint density at radius 2 is 2.09 bits per heavy atom. The van der Waals surface area contributed by atoms with Crippen molar-refractivity contribution in [3.63, 3.8) is 0 Å². The first-order chi connectivity index (χ1) is 10.9. The Morgan fingerprint density at radius 3 is 2.74 bits per heavy atom. The zero-order chi connectivity index (χ0) is 16.6. The summed E-state index contributed by atoms with van der Waals surface area (Å²) in [5.41, 5.74) is 0.788. The second-order valence-corrected chi connectivity index (χ2v) is 8.30. The normalized spacial score (nSPS) is 15.3. The Balaban J connectivity index is 1.78. The molecule has 126 valence electrons. The van der Waals surface area contributed by atoms with Crippen LogP contribution in [0.3, 0.4) is 0 Å². The fraction of sp³-hybridized carbons (Fsp3) is 0.600. The third kappa shape index (κ3) is 3.18. The highest BCUT2D eigenvalue weighted by Crippen LogP contribution is 2.19. The number of hydrogen-bond acceptors (Lipinski definition) is 4. The Kier molecular flexibility index (Phi) is 4.29. The summed E-state index contributed by atoms with van der Waals surface area (Å²) in [7, 11) is -2.03. The van der Waals surface area contributed by atoms with Gasteiger partial charge in [-0.25, -0.2) is 18.4 Å². The first-order valence-electron chi connectivity index (χ1n) is 7.92. The molecule has 23 heavy (non-hydrogen) atoms. The van der Waals surface area contributed by atoms with Crippen LogP contribution in [0.15, 0.2) is 23.7 Å². The van der Waals surface area contributed by atoms with E-state index in [2.05, 4.69) is 14.5 Å². The predicted molar refractivity (Wildman–Crippen MR) is 86.4 cm³/mol. The van der Waals surface area contributed by atoms with Crippen molar-refractivity contribution >= 4 is 10.0 Å². The summed E-state index contributed by atoms with van der Waals surface area (Å²) in [6, 6.07) is 0.177. The van der Waals surface area contributed by atoms with Gasteiger partial charge in [-0.05, 0) is 26.7 Å². The van der Waals surface area contributed by atoms with E-state index in [4.69, 9.17) is 0 Å². The molecule has 2 aromatic heterocycles. The van der Waals surface area contributed by atoms with Crippen molar-refractivity contribution in [1.29, 1.82) is 0 Å². The molecule has 0 atom stereocenters. The summed E-state index contributed by atoms with van der Waals surface area (Å²) < 4.78 is 30.5. The summed E-state index contributed by atoms with van der Waals surface area (Å²) in [5.74, 6) is 1.06. The van der Waals surface area contributed by atoms with E-state index in [1.165, 1.54) is 4.31 Å². The van der Waals surface area contributed by atoms with Gasteiger partial charge < -0.3 is 9.13 Å². The lowest BCUT2D eigenvalue weighted by molar-refractivity contribution is 0.460. The third-order valence-electron chi connectivity index (χ3n) is 4.19. The molecular weight excluding hydrogens is 314 g/mol. The van der Waals surface area contributed by atoms with Crippen molar-refractivity contribution in [3.8, 4) is 0 Å². The van der Waals surface area contributed by atoms with Gasteiger partial charge in [-0.15, -0.1) is 0 Å². The van der Waals surface area contributed by atoms with Crippen LogP contribution in [0.4, 0.5) is 0 Å². The molecular formula is C15H23N5O2S. The van der Waals surface area contributed by atoms with Gasteiger partial charge in [0.25, 0.3) is 10.0 Å². The first-order valence-corrected chi connectivity index (χ1v) is 9.36. The number of sulfonamides is 1. The van der Waals surface area contributed by atoms with Gasteiger partial charge in [-0.2, -0.15) is 4.31 Å². The van der Waals surface area contributed by atoms with Crippen LogP contribution in [0.2, 0.25) is 0 Å².